The van der Waals surface area contributed by atoms with Gasteiger partial charge in [0, 0.05) is 0 Å². The highest BCUT2D eigenvalue weighted by molar-refractivity contribution is 6.03. The molecule has 21 heavy (non-hydrogen) atoms. The van der Waals surface area contributed by atoms with Gasteiger partial charge in [0.2, 0.25) is 0 Å². The molecule has 1 aliphatic heterocycles. The van der Waals surface area contributed by atoms with E-state index in [-0.39, 0.29) is 23.7 Å². The standard InChI is InChI=1S/C15H18O6/c1-3-8-9(12-6-21-12)5-11(14(17)18)13(15(19)20)10(8)4-7(2)16/h5,7,12,16H,3-4,6H2,1-2H3,(H,17,18)(H,19,20). The quantitative estimate of drug-likeness (QED) is 0.688. The van der Waals surface area contributed by atoms with E-state index >= 15 is 0 Å². The molecule has 0 radical (unpaired) electrons. The molecule has 2 atom stereocenters. The molecule has 1 heterocycles. The Morgan fingerprint density at radius 3 is 2.33 bits per heavy atom. The average Bonchev–Trinajstić information content (AvgIpc) is 3.20. The van der Waals surface area contributed by atoms with Gasteiger partial charge in [-0.15, -0.1) is 0 Å². The van der Waals surface area contributed by atoms with E-state index in [4.69, 9.17) is 4.74 Å². The van der Waals surface area contributed by atoms with Crippen LogP contribution >= 0.6 is 0 Å². The summed E-state index contributed by atoms with van der Waals surface area (Å²) >= 11 is 0. The second kappa shape index (κ2) is 5.83. The molecule has 2 unspecified atom stereocenters. The second-order valence-electron chi connectivity index (χ2n) is 5.18. The van der Waals surface area contributed by atoms with Crippen molar-refractivity contribution in [3.63, 3.8) is 0 Å². The first-order valence-corrected chi connectivity index (χ1v) is 6.81. The predicted molar refractivity (Wildman–Crippen MR) is 73.8 cm³/mol. The topological polar surface area (TPSA) is 107 Å². The van der Waals surface area contributed by atoms with Crippen LogP contribution in [-0.2, 0) is 17.6 Å². The van der Waals surface area contributed by atoms with E-state index < -0.39 is 18.0 Å². The molecule has 2 rings (SSSR count). The van der Waals surface area contributed by atoms with Gasteiger partial charge in [0.15, 0.2) is 0 Å². The van der Waals surface area contributed by atoms with Gasteiger partial charge in [0.05, 0.1) is 23.8 Å². The van der Waals surface area contributed by atoms with Crippen LogP contribution in [0.25, 0.3) is 0 Å². The Kier molecular flexibility index (Phi) is 4.29. The molecule has 1 aromatic rings. The Bertz CT molecular complexity index is 586. The van der Waals surface area contributed by atoms with Crippen molar-refractivity contribution in [1.29, 1.82) is 0 Å². The highest BCUT2D eigenvalue weighted by atomic mass is 16.6. The van der Waals surface area contributed by atoms with Gasteiger partial charge in [0.1, 0.15) is 6.10 Å². The van der Waals surface area contributed by atoms with Crippen molar-refractivity contribution in [2.45, 2.75) is 38.9 Å². The van der Waals surface area contributed by atoms with E-state index in [1.165, 1.54) is 6.07 Å². The maximum atomic E-state index is 11.5. The lowest BCUT2D eigenvalue weighted by molar-refractivity contribution is 0.0649. The molecule has 0 spiro atoms. The molecule has 0 saturated carbocycles. The summed E-state index contributed by atoms with van der Waals surface area (Å²) in [5, 5.41) is 28.3. The molecule has 6 nitrogen and oxygen atoms in total. The summed E-state index contributed by atoms with van der Waals surface area (Å²) in [4.78, 5) is 22.9. The van der Waals surface area contributed by atoms with Gasteiger partial charge in [-0.2, -0.15) is 0 Å². The van der Waals surface area contributed by atoms with Crippen LogP contribution in [0.2, 0.25) is 0 Å². The van der Waals surface area contributed by atoms with E-state index in [0.29, 0.717) is 18.6 Å². The number of epoxide rings is 1. The Morgan fingerprint density at radius 2 is 1.95 bits per heavy atom. The first-order chi connectivity index (χ1) is 9.86. The van der Waals surface area contributed by atoms with Gasteiger partial charge < -0.3 is 20.1 Å². The third-order valence-corrected chi connectivity index (χ3v) is 3.56. The van der Waals surface area contributed by atoms with Crippen molar-refractivity contribution in [2.75, 3.05) is 6.61 Å². The largest absolute Gasteiger partial charge is 0.478 e. The molecule has 6 heteroatoms. The van der Waals surface area contributed by atoms with E-state index in [0.717, 1.165) is 11.1 Å². The molecule has 0 bridgehead atoms. The normalized spacial score (nSPS) is 18.3. The average molecular weight is 294 g/mol. The Morgan fingerprint density at radius 1 is 1.33 bits per heavy atom. The molecule has 3 N–H and O–H groups in total. The SMILES string of the molecule is CCc1c(C2CO2)cc(C(=O)O)c(C(=O)O)c1CC(C)O. The molecule has 1 fully saturated rings. The van der Waals surface area contributed by atoms with Gasteiger partial charge >= 0.3 is 11.9 Å². The van der Waals surface area contributed by atoms with Crippen molar-refractivity contribution in [3.05, 3.63) is 33.9 Å². The van der Waals surface area contributed by atoms with Crippen molar-refractivity contribution >= 4 is 11.9 Å². The number of aliphatic hydroxyl groups is 1. The number of benzene rings is 1. The first kappa shape index (κ1) is 15.5. The summed E-state index contributed by atoms with van der Waals surface area (Å²) in [6.45, 7) is 3.93. The fraction of sp³-hybridized carbons (Fsp3) is 0.467. The van der Waals surface area contributed by atoms with Gasteiger partial charge in [-0.05, 0) is 42.5 Å². The molecular weight excluding hydrogens is 276 g/mol. The second-order valence-corrected chi connectivity index (χ2v) is 5.18. The highest BCUT2D eigenvalue weighted by Crippen LogP contribution is 2.37. The lowest BCUT2D eigenvalue weighted by atomic mass is 9.86. The summed E-state index contributed by atoms with van der Waals surface area (Å²) in [6.07, 6.45) is -0.276. The van der Waals surface area contributed by atoms with Gasteiger partial charge in [-0.3, -0.25) is 0 Å². The number of ether oxygens (including phenoxy) is 1. The zero-order chi connectivity index (χ0) is 15.7. The van der Waals surface area contributed by atoms with E-state index in [1.807, 2.05) is 6.92 Å². The molecular formula is C15H18O6. The van der Waals surface area contributed by atoms with Crippen LogP contribution in [0, 0.1) is 0 Å². The smallest absolute Gasteiger partial charge is 0.336 e. The lowest BCUT2D eigenvalue weighted by Crippen LogP contribution is -2.19. The van der Waals surface area contributed by atoms with Crippen LogP contribution in [-0.4, -0.2) is 40.0 Å². The zero-order valence-corrected chi connectivity index (χ0v) is 11.9. The van der Waals surface area contributed by atoms with E-state index in [2.05, 4.69) is 0 Å². The van der Waals surface area contributed by atoms with Crippen LogP contribution in [0.3, 0.4) is 0 Å². The maximum absolute atomic E-state index is 11.5. The van der Waals surface area contributed by atoms with Crippen LogP contribution in [0.1, 0.15) is 57.4 Å². The van der Waals surface area contributed by atoms with Crippen LogP contribution in [0.15, 0.2) is 6.07 Å². The number of rotatable bonds is 6. The molecule has 0 aliphatic carbocycles. The van der Waals surface area contributed by atoms with Crippen LogP contribution in [0.5, 0.6) is 0 Å². The third-order valence-electron chi connectivity index (χ3n) is 3.56. The number of carbonyl (C=O) groups is 2. The van der Waals surface area contributed by atoms with Crippen molar-refractivity contribution in [2.24, 2.45) is 0 Å². The van der Waals surface area contributed by atoms with E-state index in [9.17, 15) is 24.9 Å². The summed E-state index contributed by atoms with van der Waals surface area (Å²) < 4.78 is 5.23. The minimum absolute atomic E-state index is 0.103. The maximum Gasteiger partial charge on any atom is 0.336 e. The molecule has 0 aromatic heterocycles. The van der Waals surface area contributed by atoms with Gasteiger partial charge in [-0.25, -0.2) is 9.59 Å². The number of carboxylic acid groups (broad SMARTS) is 2. The first-order valence-electron chi connectivity index (χ1n) is 6.81. The Balaban J connectivity index is 2.75. The Hall–Kier alpha value is -1.92. The molecule has 114 valence electrons. The number of hydrogen-bond acceptors (Lipinski definition) is 4. The van der Waals surface area contributed by atoms with Crippen LogP contribution < -0.4 is 0 Å². The highest BCUT2D eigenvalue weighted by Gasteiger charge is 2.33. The summed E-state index contributed by atoms with van der Waals surface area (Å²) in [7, 11) is 0. The fourth-order valence-corrected chi connectivity index (χ4v) is 2.67. The minimum atomic E-state index is -1.29. The lowest BCUT2D eigenvalue weighted by Gasteiger charge is -2.19. The molecule has 1 aromatic carbocycles. The van der Waals surface area contributed by atoms with Crippen LogP contribution in [0.4, 0.5) is 0 Å². The van der Waals surface area contributed by atoms with Crippen molar-refractivity contribution in [1.82, 2.24) is 0 Å². The van der Waals surface area contributed by atoms with Gasteiger partial charge in [0.25, 0.3) is 0 Å². The molecule has 1 aliphatic rings. The molecule has 1 saturated heterocycles. The predicted octanol–water partition coefficient (Wildman–Crippen LogP) is 1.64. The Labute approximate surface area is 122 Å². The van der Waals surface area contributed by atoms with Crippen molar-refractivity contribution < 1.29 is 29.6 Å². The zero-order valence-electron chi connectivity index (χ0n) is 11.9. The number of hydrogen-bond donors (Lipinski definition) is 3. The van der Waals surface area contributed by atoms with Crippen molar-refractivity contribution in [3.8, 4) is 0 Å². The number of carboxylic acids is 2. The third kappa shape index (κ3) is 3.06. The minimum Gasteiger partial charge on any atom is -0.478 e. The number of aliphatic hydroxyl groups excluding tert-OH is 1. The summed E-state index contributed by atoms with van der Waals surface area (Å²) in [5.74, 6) is -2.58. The van der Waals surface area contributed by atoms with E-state index in [1.54, 1.807) is 6.92 Å². The monoisotopic (exact) mass is 294 g/mol. The fourth-order valence-electron chi connectivity index (χ4n) is 2.67. The number of aromatic carboxylic acids is 2. The molecule has 0 amide bonds. The summed E-state index contributed by atoms with van der Waals surface area (Å²) in [5.41, 5.74) is 1.40. The van der Waals surface area contributed by atoms with Gasteiger partial charge in [-0.1, -0.05) is 6.92 Å². The summed E-state index contributed by atoms with van der Waals surface area (Å²) in [6, 6.07) is 1.40.